The summed E-state index contributed by atoms with van der Waals surface area (Å²) in [6.07, 6.45) is 3.63. The largest absolute Gasteiger partial charge is 0.449 e. The molecule has 3 aromatic rings. The Labute approximate surface area is 140 Å². The molecule has 1 atom stereocenters. The van der Waals surface area contributed by atoms with Gasteiger partial charge in [-0.3, -0.25) is 9.78 Å². The van der Waals surface area contributed by atoms with Gasteiger partial charge in [0.15, 0.2) is 11.3 Å². The second-order valence-electron chi connectivity index (χ2n) is 6.15. The van der Waals surface area contributed by atoms with Gasteiger partial charge in [-0.1, -0.05) is 18.2 Å². The first-order valence-electron chi connectivity index (χ1n) is 8.18. The lowest BCUT2D eigenvalue weighted by Crippen LogP contribution is -2.28. The van der Waals surface area contributed by atoms with Crippen LogP contribution in [-0.4, -0.2) is 24.5 Å². The van der Waals surface area contributed by atoms with Crippen molar-refractivity contribution in [3.63, 3.8) is 0 Å². The molecule has 2 aromatic heterocycles. The number of pyridine rings is 1. The van der Waals surface area contributed by atoms with Crippen LogP contribution in [-0.2, 0) is 0 Å². The number of carbonyl (C=O) groups excluding carboxylic acids is 1. The fraction of sp³-hybridized carbons (Fsp3) is 0.263. The average molecular weight is 321 g/mol. The van der Waals surface area contributed by atoms with Gasteiger partial charge in [0.1, 0.15) is 5.52 Å². The first-order chi connectivity index (χ1) is 11.7. The zero-order chi connectivity index (χ0) is 16.5. The molecule has 3 heterocycles. The number of furan rings is 1. The van der Waals surface area contributed by atoms with Crippen LogP contribution in [0.2, 0.25) is 0 Å². The second kappa shape index (κ2) is 6.00. The quantitative estimate of drug-likeness (QED) is 0.784. The predicted octanol–water partition coefficient (Wildman–Crippen LogP) is 3.53. The van der Waals surface area contributed by atoms with Gasteiger partial charge in [-0.25, -0.2) is 0 Å². The first kappa shape index (κ1) is 14.8. The molecule has 1 unspecified atom stereocenters. The molecular formula is C19H19N3O2. The minimum atomic E-state index is -0.197. The highest BCUT2D eigenvalue weighted by Gasteiger charge is 2.24. The molecule has 4 rings (SSSR count). The van der Waals surface area contributed by atoms with Crippen molar-refractivity contribution in [3.8, 4) is 0 Å². The summed E-state index contributed by atoms with van der Waals surface area (Å²) < 4.78 is 5.63. The molecule has 0 spiro atoms. The van der Waals surface area contributed by atoms with Gasteiger partial charge < -0.3 is 14.6 Å². The highest BCUT2D eigenvalue weighted by atomic mass is 16.3. The molecule has 0 saturated carbocycles. The Balaban J connectivity index is 1.62. The third-order valence-corrected chi connectivity index (χ3v) is 4.53. The van der Waals surface area contributed by atoms with E-state index >= 15 is 0 Å². The third-order valence-electron chi connectivity index (χ3n) is 4.53. The normalized spacial score (nSPS) is 17.4. The van der Waals surface area contributed by atoms with E-state index < -0.39 is 0 Å². The number of nitrogens with one attached hydrogen (secondary N) is 1. The molecule has 122 valence electrons. The molecule has 5 heteroatoms. The van der Waals surface area contributed by atoms with Gasteiger partial charge in [0.05, 0.1) is 6.04 Å². The van der Waals surface area contributed by atoms with Crippen molar-refractivity contribution < 1.29 is 9.21 Å². The first-order valence-corrected chi connectivity index (χ1v) is 8.18. The maximum Gasteiger partial charge on any atom is 0.287 e. The van der Waals surface area contributed by atoms with Crippen molar-refractivity contribution in [2.45, 2.75) is 18.9 Å². The predicted molar refractivity (Wildman–Crippen MR) is 93.2 cm³/mol. The number of aromatic nitrogens is 1. The van der Waals surface area contributed by atoms with Crippen molar-refractivity contribution in [1.82, 2.24) is 10.3 Å². The fourth-order valence-corrected chi connectivity index (χ4v) is 3.30. The van der Waals surface area contributed by atoms with E-state index in [9.17, 15) is 4.79 Å². The van der Waals surface area contributed by atoms with Crippen LogP contribution in [0.1, 0.15) is 35.0 Å². The number of amides is 1. The van der Waals surface area contributed by atoms with Crippen molar-refractivity contribution >= 4 is 22.7 Å². The van der Waals surface area contributed by atoms with Crippen LogP contribution in [0.5, 0.6) is 0 Å². The summed E-state index contributed by atoms with van der Waals surface area (Å²) >= 11 is 0. The zero-order valence-corrected chi connectivity index (χ0v) is 13.5. The smallest absolute Gasteiger partial charge is 0.287 e. The number of fused-ring (bicyclic) bond motifs is 2. The van der Waals surface area contributed by atoms with Crippen molar-refractivity contribution in [3.05, 3.63) is 60.0 Å². The number of benzene rings is 1. The Bertz CT molecular complexity index is 854. The van der Waals surface area contributed by atoms with E-state index in [-0.39, 0.29) is 11.9 Å². The summed E-state index contributed by atoms with van der Waals surface area (Å²) in [4.78, 5) is 19.1. The van der Waals surface area contributed by atoms with Crippen molar-refractivity contribution in [2.75, 3.05) is 18.5 Å². The average Bonchev–Trinajstić information content (AvgIpc) is 2.98. The summed E-state index contributed by atoms with van der Waals surface area (Å²) in [6, 6.07) is 13.5. The van der Waals surface area contributed by atoms with Gasteiger partial charge in [0, 0.05) is 31.5 Å². The lowest BCUT2D eigenvalue weighted by Gasteiger charge is -2.21. The molecular weight excluding hydrogens is 302 g/mol. The Morgan fingerprint density at radius 3 is 3.04 bits per heavy atom. The molecule has 1 aliphatic rings. The lowest BCUT2D eigenvalue weighted by molar-refractivity contribution is 0.0909. The van der Waals surface area contributed by atoms with Crippen LogP contribution in [0.15, 0.2) is 53.1 Å². The summed E-state index contributed by atoms with van der Waals surface area (Å²) in [6.45, 7) is 0.984. The number of rotatable bonds is 2. The van der Waals surface area contributed by atoms with Gasteiger partial charge in [-0.05, 0) is 36.6 Å². The van der Waals surface area contributed by atoms with E-state index in [0.717, 1.165) is 24.9 Å². The maximum atomic E-state index is 12.6. The van der Waals surface area contributed by atoms with Crippen LogP contribution in [0.3, 0.4) is 0 Å². The number of hydrogen-bond donors (Lipinski definition) is 1. The number of nitrogens with zero attached hydrogens (tertiary/aromatic N) is 2. The van der Waals surface area contributed by atoms with Crippen LogP contribution in [0.4, 0.5) is 5.69 Å². The Kier molecular flexibility index (Phi) is 3.69. The summed E-state index contributed by atoms with van der Waals surface area (Å²) in [5, 5.41) is 3.13. The van der Waals surface area contributed by atoms with Crippen LogP contribution in [0, 0.1) is 0 Å². The number of hydrogen-bond acceptors (Lipinski definition) is 4. The number of carbonyl (C=O) groups is 1. The highest BCUT2D eigenvalue weighted by molar-refractivity contribution is 5.95. The maximum absolute atomic E-state index is 12.6. The van der Waals surface area contributed by atoms with Crippen molar-refractivity contribution in [1.29, 1.82) is 0 Å². The number of para-hydroxylation sites is 1. The summed E-state index contributed by atoms with van der Waals surface area (Å²) in [5.41, 5.74) is 3.65. The van der Waals surface area contributed by atoms with Crippen LogP contribution < -0.4 is 10.2 Å². The van der Waals surface area contributed by atoms with E-state index in [1.54, 1.807) is 18.3 Å². The monoisotopic (exact) mass is 321 g/mol. The lowest BCUT2D eigenvalue weighted by atomic mass is 10.0. The van der Waals surface area contributed by atoms with E-state index in [0.29, 0.717) is 16.9 Å². The molecule has 0 fully saturated rings. The molecule has 1 aromatic carbocycles. The topological polar surface area (TPSA) is 58.4 Å². The van der Waals surface area contributed by atoms with Gasteiger partial charge in [-0.2, -0.15) is 0 Å². The molecule has 24 heavy (non-hydrogen) atoms. The van der Waals surface area contributed by atoms with E-state index in [1.165, 1.54) is 5.69 Å². The summed E-state index contributed by atoms with van der Waals surface area (Å²) in [5.74, 6) is 0.108. The minimum Gasteiger partial charge on any atom is -0.449 e. The van der Waals surface area contributed by atoms with Gasteiger partial charge >= 0.3 is 0 Å². The van der Waals surface area contributed by atoms with Crippen molar-refractivity contribution in [2.24, 2.45) is 0 Å². The van der Waals surface area contributed by atoms with E-state index in [1.807, 2.05) is 18.2 Å². The SMILES string of the molecule is CN1CCCC(NC(=O)c2cc3ncccc3o2)c2ccccc21. The number of anilines is 1. The van der Waals surface area contributed by atoms with Gasteiger partial charge in [0.25, 0.3) is 5.91 Å². The Morgan fingerprint density at radius 2 is 2.17 bits per heavy atom. The molecule has 0 bridgehead atoms. The molecule has 1 amide bonds. The second-order valence-corrected chi connectivity index (χ2v) is 6.15. The van der Waals surface area contributed by atoms with E-state index in [2.05, 4.69) is 34.4 Å². The Hall–Kier alpha value is -2.82. The molecule has 1 aliphatic heterocycles. The van der Waals surface area contributed by atoms with Crippen LogP contribution in [0.25, 0.3) is 11.1 Å². The molecule has 0 saturated heterocycles. The zero-order valence-electron chi connectivity index (χ0n) is 13.5. The molecule has 0 aliphatic carbocycles. The fourth-order valence-electron chi connectivity index (χ4n) is 3.30. The molecule has 5 nitrogen and oxygen atoms in total. The van der Waals surface area contributed by atoms with Gasteiger partial charge in [0.2, 0.25) is 0 Å². The van der Waals surface area contributed by atoms with E-state index in [4.69, 9.17) is 4.42 Å². The molecule has 0 radical (unpaired) electrons. The van der Waals surface area contributed by atoms with Crippen LogP contribution >= 0.6 is 0 Å². The van der Waals surface area contributed by atoms with Gasteiger partial charge in [-0.15, -0.1) is 0 Å². The highest BCUT2D eigenvalue weighted by Crippen LogP contribution is 2.32. The molecule has 1 N–H and O–H groups in total. The Morgan fingerprint density at radius 1 is 1.29 bits per heavy atom. The minimum absolute atomic E-state index is 0.0141. The third kappa shape index (κ3) is 2.62. The standard InChI is InChI=1S/C19H19N3O2/c1-22-11-5-7-14(13-6-2-3-8-16(13)22)21-19(23)18-12-15-17(24-18)9-4-10-20-15/h2-4,6,8-10,12,14H,5,7,11H2,1H3,(H,21,23). The summed E-state index contributed by atoms with van der Waals surface area (Å²) in [7, 11) is 2.09.